The third kappa shape index (κ3) is 3.03. The lowest BCUT2D eigenvalue weighted by atomic mass is 9.97. The van der Waals surface area contributed by atoms with Crippen LogP contribution in [0.25, 0.3) is 16.8 Å². The minimum absolute atomic E-state index is 0.205. The quantitative estimate of drug-likeness (QED) is 0.776. The molecule has 22 heavy (non-hydrogen) atoms. The summed E-state index contributed by atoms with van der Waals surface area (Å²) in [5.74, 6) is 0.871. The van der Waals surface area contributed by atoms with Crippen LogP contribution >= 0.6 is 0 Å². The van der Waals surface area contributed by atoms with E-state index in [-0.39, 0.29) is 5.41 Å². The maximum Gasteiger partial charge on any atom is 0.126 e. The second-order valence-electron chi connectivity index (χ2n) is 6.67. The number of nitrogens with two attached hydrogens (primary N) is 1. The molecule has 0 aliphatic heterocycles. The Bertz CT molecular complexity index is 798. The number of aromatic nitrogens is 3. The molecule has 0 bridgehead atoms. The maximum absolute atomic E-state index is 5.88. The van der Waals surface area contributed by atoms with Crippen LogP contribution in [0.5, 0.6) is 0 Å². The van der Waals surface area contributed by atoms with Crippen molar-refractivity contribution < 1.29 is 0 Å². The highest BCUT2D eigenvalue weighted by Gasteiger charge is 2.12. The molecular weight excluding hydrogens is 274 g/mol. The Morgan fingerprint density at radius 3 is 2.82 bits per heavy atom. The first-order chi connectivity index (χ1) is 10.4. The summed E-state index contributed by atoms with van der Waals surface area (Å²) in [6.45, 7) is 7.44. The molecule has 0 fully saturated rings. The largest absolute Gasteiger partial charge is 0.399 e. The van der Waals surface area contributed by atoms with Crippen LogP contribution in [0.2, 0.25) is 0 Å². The molecule has 0 aliphatic carbocycles. The van der Waals surface area contributed by atoms with Gasteiger partial charge in [-0.05, 0) is 29.7 Å². The second kappa shape index (κ2) is 5.33. The number of pyridine rings is 2. The molecule has 0 radical (unpaired) electrons. The standard InChI is InChI=1S/C17H21N5/c1-17(2,3)11-19-16-6-4-5-14(21-16)13-10-20-22-8-7-12(18)9-15(13)22/h4-10H,11,18H2,1-3H3,(H,19,21). The highest BCUT2D eigenvalue weighted by molar-refractivity contribution is 5.80. The number of anilines is 2. The molecule has 0 aliphatic rings. The number of nitrogen functional groups attached to an aromatic ring is 1. The van der Waals surface area contributed by atoms with E-state index < -0.39 is 0 Å². The zero-order valence-corrected chi connectivity index (χ0v) is 13.2. The molecule has 3 aromatic rings. The van der Waals surface area contributed by atoms with Crippen LogP contribution in [0.3, 0.4) is 0 Å². The lowest BCUT2D eigenvalue weighted by Gasteiger charge is -2.19. The van der Waals surface area contributed by atoms with Crippen LogP contribution in [0, 0.1) is 5.41 Å². The van der Waals surface area contributed by atoms with Gasteiger partial charge >= 0.3 is 0 Å². The summed E-state index contributed by atoms with van der Waals surface area (Å²) in [7, 11) is 0. The zero-order valence-electron chi connectivity index (χ0n) is 13.2. The molecule has 0 amide bonds. The summed E-state index contributed by atoms with van der Waals surface area (Å²) < 4.78 is 1.81. The van der Waals surface area contributed by atoms with Gasteiger partial charge in [-0.1, -0.05) is 26.8 Å². The Morgan fingerprint density at radius 2 is 2.05 bits per heavy atom. The molecule has 3 rings (SSSR count). The Hall–Kier alpha value is -2.56. The lowest BCUT2D eigenvalue weighted by molar-refractivity contribution is 0.442. The van der Waals surface area contributed by atoms with E-state index in [1.807, 2.05) is 47.2 Å². The van der Waals surface area contributed by atoms with Crippen molar-refractivity contribution in [2.75, 3.05) is 17.6 Å². The number of nitrogens with zero attached hydrogens (tertiary/aromatic N) is 3. The lowest BCUT2D eigenvalue weighted by Crippen LogP contribution is -2.19. The number of fused-ring (bicyclic) bond motifs is 1. The van der Waals surface area contributed by atoms with Crippen LogP contribution in [0.15, 0.2) is 42.7 Å². The van der Waals surface area contributed by atoms with Crippen LogP contribution < -0.4 is 11.1 Å². The summed E-state index contributed by atoms with van der Waals surface area (Å²) >= 11 is 0. The summed E-state index contributed by atoms with van der Waals surface area (Å²) in [6.07, 6.45) is 3.68. The predicted octanol–water partition coefficient (Wildman–Crippen LogP) is 3.44. The van der Waals surface area contributed by atoms with Crippen molar-refractivity contribution in [3.8, 4) is 11.3 Å². The molecule has 3 heterocycles. The van der Waals surface area contributed by atoms with E-state index in [0.717, 1.165) is 34.8 Å². The van der Waals surface area contributed by atoms with E-state index >= 15 is 0 Å². The highest BCUT2D eigenvalue weighted by atomic mass is 15.2. The normalized spacial score (nSPS) is 11.8. The van der Waals surface area contributed by atoms with Gasteiger partial charge in [0.05, 0.1) is 17.4 Å². The fourth-order valence-corrected chi connectivity index (χ4v) is 2.23. The zero-order chi connectivity index (χ0) is 15.7. The van der Waals surface area contributed by atoms with Crippen molar-refractivity contribution >= 4 is 17.0 Å². The molecule has 0 unspecified atom stereocenters. The van der Waals surface area contributed by atoms with Gasteiger partial charge < -0.3 is 11.1 Å². The molecule has 0 saturated carbocycles. The van der Waals surface area contributed by atoms with Gasteiger partial charge in [0.15, 0.2) is 0 Å². The minimum atomic E-state index is 0.205. The predicted molar refractivity (Wildman–Crippen MR) is 90.8 cm³/mol. The Labute approximate surface area is 130 Å². The Kier molecular flexibility index (Phi) is 3.48. The smallest absolute Gasteiger partial charge is 0.126 e. The highest BCUT2D eigenvalue weighted by Crippen LogP contribution is 2.25. The third-order valence-electron chi connectivity index (χ3n) is 3.37. The average Bonchev–Trinajstić information content (AvgIpc) is 2.88. The van der Waals surface area contributed by atoms with Crippen molar-refractivity contribution in [2.24, 2.45) is 5.41 Å². The van der Waals surface area contributed by atoms with Gasteiger partial charge in [0.25, 0.3) is 0 Å². The van der Waals surface area contributed by atoms with Crippen molar-refractivity contribution in [3.05, 3.63) is 42.7 Å². The van der Waals surface area contributed by atoms with Gasteiger partial charge in [0.1, 0.15) is 5.82 Å². The van der Waals surface area contributed by atoms with Crippen LogP contribution in [-0.2, 0) is 0 Å². The second-order valence-corrected chi connectivity index (χ2v) is 6.67. The van der Waals surface area contributed by atoms with Gasteiger partial charge in [0.2, 0.25) is 0 Å². The maximum atomic E-state index is 5.88. The number of hydrogen-bond acceptors (Lipinski definition) is 4. The molecule has 0 atom stereocenters. The van der Waals surface area contributed by atoms with E-state index in [9.17, 15) is 0 Å². The summed E-state index contributed by atoms with van der Waals surface area (Å²) in [6, 6.07) is 9.72. The minimum Gasteiger partial charge on any atom is -0.399 e. The van der Waals surface area contributed by atoms with E-state index in [1.165, 1.54) is 0 Å². The van der Waals surface area contributed by atoms with E-state index in [2.05, 4.69) is 31.2 Å². The molecule has 0 spiro atoms. The van der Waals surface area contributed by atoms with Crippen molar-refractivity contribution in [1.82, 2.24) is 14.6 Å². The van der Waals surface area contributed by atoms with Gasteiger partial charge in [-0.3, -0.25) is 0 Å². The van der Waals surface area contributed by atoms with Gasteiger partial charge in [-0.25, -0.2) is 9.50 Å². The third-order valence-corrected chi connectivity index (χ3v) is 3.37. The van der Waals surface area contributed by atoms with Gasteiger partial charge in [0, 0.05) is 24.0 Å². The summed E-state index contributed by atoms with van der Waals surface area (Å²) in [4.78, 5) is 4.69. The van der Waals surface area contributed by atoms with Gasteiger partial charge in [-0.2, -0.15) is 5.10 Å². The average molecular weight is 295 g/mol. The summed E-state index contributed by atoms with van der Waals surface area (Å²) in [5.41, 5.74) is 9.63. The molecule has 5 heteroatoms. The Morgan fingerprint density at radius 1 is 1.23 bits per heavy atom. The molecule has 0 aromatic carbocycles. The van der Waals surface area contributed by atoms with E-state index in [0.29, 0.717) is 0 Å². The van der Waals surface area contributed by atoms with E-state index in [1.54, 1.807) is 0 Å². The first-order valence-electron chi connectivity index (χ1n) is 7.37. The first kappa shape index (κ1) is 14.4. The number of nitrogens with one attached hydrogen (secondary N) is 1. The fourth-order valence-electron chi connectivity index (χ4n) is 2.23. The van der Waals surface area contributed by atoms with Crippen molar-refractivity contribution in [2.45, 2.75) is 20.8 Å². The van der Waals surface area contributed by atoms with Crippen molar-refractivity contribution in [3.63, 3.8) is 0 Å². The Balaban J connectivity index is 1.95. The molecule has 3 aromatic heterocycles. The summed E-state index contributed by atoms with van der Waals surface area (Å²) in [5, 5.41) is 7.74. The van der Waals surface area contributed by atoms with Gasteiger partial charge in [-0.15, -0.1) is 0 Å². The fraction of sp³-hybridized carbons (Fsp3) is 0.294. The number of hydrogen-bond donors (Lipinski definition) is 2. The number of rotatable bonds is 3. The van der Waals surface area contributed by atoms with Crippen molar-refractivity contribution in [1.29, 1.82) is 0 Å². The topological polar surface area (TPSA) is 68.2 Å². The van der Waals surface area contributed by atoms with Crippen LogP contribution in [0.1, 0.15) is 20.8 Å². The molecule has 5 nitrogen and oxygen atoms in total. The molecular formula is C17H21N5. The van der Waals surface area contributed by atoms with Crippen LogP contribution in [0.4, 0.5) is 11.5 Å². The first-order valence-corrected chi connectivity index (χ1v) is 7.37. The van der Waals surface area contributed by atoms with E-state index in [4.69, 9.17) is 10.7 Å². The molecule has 0 saturated heterocycles. The monoisotopic (exact) mass is 295 g/mol. The van der Waals surface area contributed by atoms with Crippen LogP contribution in [-0.4, -0.2) is 21.1 Å². The molecule has 3 N–H and O–H groups in total. The SMILES string of the molecule is CC(C)(C)CNc1cccc(-c2cnn3ccc(N)cc23)n1. The molecule has 114 valence electrons.